The monoisotopic (exact) mass is 374 g/mol. The molecule has 9 nitrogen and oxygen atoms in total. The fourth-order valence-corrected chi connectivity index (χ4v) is 2.75. The number of aliphatic hydroxyl groups excluding tert-OH is 2. The molecule has 4 atom stereocenters. The molecular weight excluding hydrogens is 362 g/mol. The van der Waals surface area contributed by atoms with Crippen LogP contribution in [0.2, 0.25) is 0 Å². The van der Waals surface area contributed by atoms with Crippen LogP contribution in [0.15, 0.2) is 15.8 Å². The van der Waals surface area contributed by atoms with Crippen LogP contribution < -0.4 is 11.2 Å². The van der Waals surface area contributed by atoms with E-state index in [4.69, 9.17) is 27.2 Å². The second-order valence-electron chi connectivity index (χ2n) is 4.70. The minimum Gasteiger partial charge on any atom is -0.387 e. The van der Waals surface area contributed by atoms with Gasteiger partial charge in [0, 0.05) is 13.2 Å². The van der Waals surface area contributed by atoms with E-state index in [2.05, 4.69) is 9.51 Å². The van der Waals surface area contributed by atoms with E-state index in [9.17, 15) is 24.4 Å². The van der Waals surface area contributed by atoms with Gasteiger partial charge in [0.25, 0.3) is 5.56 Å². The van der Waals surface area contributed by atoms with Crippen molar-refractivity contribution in [3.05, 3.63) is 32.6 Å². The van der Waals surface area contributed by atoms with Crippen LogP contribution in [0.3, 0.4) is 0 Å². The Morgan fingerprint density at radius 2 is 2.05 bits per heavy atom. The highest BCUT2D eigenvalue weighted by Gasteiger charge is 2.45. The molecule has 1 aromatic rings. The Bertz CT molecular complexity index is 714. The van der Waals surface area contributed by atoms with Gasteiger partial charge in [0.2, 0.25) is 0 Å². The number of halogens is 2. The van der Waals surface area contributed by atoms with Gasteiger partial charge < -0.3 is 24.5 Å². The van der Waals surface area contributed by atoms with Crippen LogP contribution in [-0.2, 0) is 20.9 Å². The first-order valence-electron chi connectivity index (χ1n) is 6.06. The summed E-state index contributed by atoms with van der Waals surface area (Å²) >= 11 is 10.4. The highest BCUT2D eigenvalue weighted by atomic mass is 35.9. The maximum atomic E-state index is 12.0. The minimum absolute atomic E-state index is 0.0453. The minimum atomic E-state index is -3.82. The number of ether oxygens (including phenoxy) is 1. The normalized spacial score (nSPS) is 29.0. The van der Waals surface area contributed by atoms with E-state index in [0.29, 0.717) is 0 Å². The molecule has 22 heavy (non-hydrogen) atoms. The van der Waals surface area contributed by atoms with Gasteiger partial charge in [0.05, 0.1) is 12.2 Å². The summed E-state index contributed by atoms with van der Waals surface area (Å²) in [7, 11) is 1.25. The highest BCUT2D eigenvalue weighted by Crippen LogP contribution is 2.57. The van der Waals surface area contributed by atoms with Crippen molar-refractivity contribution in [2.75, 3.05) is 6.61 Å². The lowest BCUT2D eigenvalue weighted by atomic mass is 10.0. The smallest absolute Gasteiger partial charge is 0.380 e. The van der Waals surface area contributed by atoms with E-state index in [0.717, 1.165) is 10.8 Å². The molecule has 124 valence electrons. The van der Waals surface area contributed by atoms with E-state index >= 15 is 0 Å². The molecule has 0 unspecified atom stereocenters. The average Bonchev–Trinajstić information content (AvgIpc) is 2.70. The van der Waals surface area contributed by atoms with E-state index in [1.807, 2.05) is 0 Å². The van der Waals surface area contributed by atoms with Gasteiger partial charge in [-0.25, -0.2) is 4.79 Å². The number of hydrogen-bond donors (Lipinski definition) is 3. The fourth-order valence-electron chi connectivity index (χ4n) is 2.09. The van der Waals surface area contributed by atoms with Crippen molar-refractivity contribution < 1.29 is 24.0 Å². The summed E-state index contributed by atoms with van der Waals surface area (Å²) in [5.74, 6) is 0. The predicted molar refractivity (Wildman–Crippen MR) is 77.2 cm³/mol. The molecule has 3 N–H and O–H groups in total. The van der Waals surface area contributed by atoms with Crippen LogP contribution in [0, 0.1) is 0 Å². The van der Waals surface area contributed by atoms with Gasteiger partial charge in [-0.15, -0.1) is 0 Å². The number of hydrogen-bond acceptors (Lipinski definition) is 7. The van der Waals surface area contributed by atoms with E-state index in [1.54, 1.807) is 0 Å². The van der Waals surface area contributed by atoms with Crippen molar-refractivity contribution in [3.8, 4) is 0 Å². The molecule has 1 aliphatic rings. The summed E-state index contributed by atoms with van der Waals surface area (Å²) in [6, 6.07) is 0. The first kappa shape index (κ1) is 17.7. The molecule has 0 bridgehead atoms. The van der Waals surface area contributed by atoms with Crippen molar-refractivity contribution in [2.24, 2.45) is 7.05 Å². The molecule has 2 rings (SSSR count). The summed E-state index contributed by atoms with van der Waals surface area (Å²) in [4.78, 5) is 25.6. The predicted octanol–water partition coefficient (Wildman–Crippen LogP) is -0.162. The third kappa shape index (κ3) is 3.62. The first-order chi connectivity index (χ1) is 10.1. The van der Waals surface area contributed by atoms with Gasteiger partial charge in [-0.1, -0.05) is 0 Å². The SMILES string of the molecule is Cn1c(=O)[nH]cc([C@@H]2O[C@H](COP(=O)(Cl)Cl)[C@H](O)[C@@H]2O)c1=O. The standard InChI is InChI=1S/C10H13Cl2N2O7P/c1-14-9(17)4(2-13-10(14)18)8-7(16)6(15)5(21-8)3-20-22(11,12)19/h2,5-8,15-16H,3H2,1H3,(H,13,18)/t5-,6+,7+,8+/m1/s1. The Morgan fingerprint density at radius 1 is 1.41 bits per heavy atom. The van der Waals surface area contributed by atoms with Gasteiger partial charge in [-0.2, -0.15) is 0 Å². The third-order valence-corrected chi connectivity index (χ3v) is 4.30. The second-order valence-corrected chi connectivity index (χ2v) is 8.98. The van der Waals surface area contributed by atoms with Crippen molar-refractivity contribution in [3.63, 3.8) is 0 Å². The largest absolute Gasteiger partial charge is 0.387 e. The molecule has 1 fully saturated rings. The van der Waals surface area contributed by atoms with Gasteiger partial charge in [0.1, 0.15) is 24.4 Å². The molecular formula is C10H13Cl2N2O7P. The van der Waals surface area contributed by atoms with Crippen LogP contribution in [0.5, 0.6) is 0 Å². The number of nitrogens with zero attached hydrogens (tertiary/aromatic N) is 1. The Kier molecular flexibility index (Phi) is 5.18. The zero-order chi connectivity index (χ0) is 16.7. The highest BCUT2D eigenvalue weighted by molar-refractivity contribution is 8.05. The zero-order valence-corrected chi connectivity index (χ0v) is 13.6. The molecule has 1 aromatic heterocycles. The maximum absolute atomic E-state index is 12.0. The molecule has 0 aliphatic carbocycles. The number of aromatic nitrogens is 2. The van der Waals surface area contributed by atoms with Gasteiger partial charge >= 0.3 is 11.8 Å². The Hall–Kier alpha value is -0.670. The van der Waals surface area contributed by atoms with Crippen LogP contribution in [0.1, 0.15) is 11.7 Å². The summed E-state index contributed by atoms with van der Waals surface area (Å²) in [6.07, 6.45) is -7.87. The van der Waals surface area contributed by atoms with Crippen molar-refractivity contribution in [1.82, 2.24) is 9.55 Å². The number of rotatable bonds is 4. The van der Waals surface area contributed by atoms with Crippen LogP contribution in [0.25, 0.3) is 0 Å². The lowest BCUT2D eigenvalue weighted by Crippen LogP contribution is -2.37. The van der Waals surface area contributed by atoms with E-state index in [-0.39, 0.29) is 5.56 Å². The Morgan fingerprint density at radius 3 is 2.64 bits per heavy atom. The summed E-state index contributed by atoms with van der Waals surface area (Å²) in [6.45, 7) is -0.442. The molecule has 0 spiro atoms. The van der Waals surface area contributed by atoms with Crippen LogP contribution in [0.4, 0.5) is 0 Å². The summed E-state index contributed by atoms with van der Waals surface area (Å²) in [5.41, 5.74) is -1.36. The summed E-state index contributed by atoms with van der Waals surface area (Å²) in [5, 5.41) is 19.9. The van der Waals surface area contributed by atoms with Crippen LogP contribution >= 0.6 is 28.6 Å². The molecule has 2 heterocycles. The molecule has 1 saturated heterocycles. The Labute approximate surface area is 133 Å². The molecule has 0 saturated carbocycles. The fraction of sp³-hybridized carbons (Fsp3) is 0.600. The molecule has 12 heteroatoms. The lowest BCUT2D eigenvalue weighted by molar-refractivity contribution is -0.0159. The second kappa shape index (κ2) is 6.45. The van der Waals surface area contributed by atoms with Crippen LogP contribution in [-0.4, -0.2) is 44.7 Å². The molecule has 0 amide bonds. The molecule has 1 aliphatic heterocycles. The zero-order valence-electron chi connectivity index (χ0n) is 11.2. The van der Waals surface area contributed by atoms with E-state index in [1.165, 1.54) is 7.05 Å². The number of aromatic amines is 1. The quantitative estimate of drug-likeness (QED) is 0.623. The third-order valence-electron chi connectivity index (χ3n) is 3.27. The average molecular weight is 375 g/mol. The first-order valence-corrected chi connectivity index (χ1v) is 9.49. The topological polar surface area (TPSA) is 131 Å². The van der Waals surface area contributed by atoms with Crippen molar-refractivity contribution in [2.45, 2.75) is 24.4 Å². The molecule has 0 radical (unpaired) electrons. The van der Waals surface area contributed by atoms with Gasteiger partial charge in [-0.05, 0) is 22.5 Å². The molecule has 0 aromatic carbocycles. The number of aliphatic hydroxyl groups is 2. The lowest BCUT2D eigenvalue weighted by Gasteiger charge is -2.14. The maximum Gasteiger partial charge on any atom is 0.380 e. The van der Waals surface area contributed by atoms with Gasteiger partial charge in [0.15, 0.2) is 0 Å². The van der Waals surface area contributed by atoms with Gasteiger partial charge in [-0.3, -0.25) is 13.9 Å². The number of H-pyrrole nitrogens is 1. The van der Waals surface area contributed by atoms with Crippen molar-refractivity contribution >= 4 is 28.6 Å². The number of nitrogens with one attached hydrogen (secondary N) is 1. The Balaban J connectivity index is 2.24. The van der Waals surface area contributed by atoms with E-state index < -0.39 is 48.3 Å². The summed E-state index contributed by atoms with van der Waals surface area (Å²) < 4.78 is 21.8. The van der Waals surface area contributed by atoms with Crippen molar-refractivity contribution in [1.29, 1.82) is 0 Å².